The first kappa shape index (κ1) is 24.4. The third kappa shape index (κ3) is 5.50. The SMILES string of the molecule is O=C(O)Cc1cc(F)ccc1C(O)C(O)CCNC(=O)OCC1c2ccccc2-c2ccccc21. The van der Waals surface area contributed by atoms with E-state index < -0.39 is 36.5 Å². The molecule has 0 saturated heterocycles. The van der Waals surface area contributed by atoms with Crippen molar-refractivity contribution in [3.8, 4) is 11.1 Å². The molecular weight excluding hydrogens is 453 g/mol. The first-order valence-corrected chi connectivity index (χ1v) is 11.3. The van der Waals surface area contributed by atoms with Crippen LogP contribution in [0.1, 0.15) is 40.7 Å². The fraction of sp³-hybridized carbons (Fsp3) is 0.259. The Bertz CT molecular complexity index is 1180. The van der Waals surface area contributed by atoms with E-state index in [4.69, 9.17) is 9.84 Å². The van der Waals surface area contributed by atoms with Crippen LogP contribution in [0.25, 0.3) is 11.1 Å². The second kappa shape index (κ2) is 10.7. The Kier molecular flexibility index (Phi) is 7.43. The van der Waals surface area contributed by atoms with Crippen LogP contribution in [0.4, 0.5) is 9.18 Å². The van der Waals surface area contributed by atoms with E-state index in [9.17, 15) is 24.2 Å². The lowest BCUT2D eigenvalue weighted by molar-refractivity contribution is -0.136. The van der Waals surface area contributed by atoms with Crippen LogP contribution in [0.3, 0.4) is 0 Å². The molecule has 182 valence electrons. The molecule has 0 bridgehead atoms. The number of halogens is 1. The van der Waals surface area contributed by atoms with E-state index in [0.29, 0.717) is 0 Å². The zero-order valence-electron chi connectivity index (χ0n) is 18.9. The van der Waals surface area contributed by atoms with Crippen LogP contribution in [-0.2, 0) is 16.0 Å². The monoisotopic (exact) mass is 479 g/mol. The van der Waals surface area contributed by atoms with E-state index in [1.54, 1.807) is 0 Å². The quantitative estimate of drug-likeness (QED) is 0.371. The number of ether oxygens (including phenoxy) is 1. The summed E-state index contributed by atoms with van der Waals surface area (Å²) in [7, 11) is 0. The molecule has 2 unspecified atom stereocenters. The smallest absolute Gasteiger partial charge is 0.407 e. The van der Waals surface area contributed by atoms with Crippen LogP contribution in [0.15, 0.2) is 66.7 Å². The number of amides is 1. The Hall–Kier alpha value is -3.75. The van der Waals surface area contributed by atoms with Gasteiger partial charge in [-0.3, -0.25) is 4.79 Å². The molecule has 0 saturated carbocycles. The number of carboxylic acid groups (broad SMARTS) is 1. The lowest BCUT2D eigenvalue weighted by Gasteiger charge is -2.21. The summed E-state index contributed by atoms with van der Waals surface area (Å²) in [5.41, 5.74) is 4.64. The molecule has 0 heterocycles. The zero-order chi connectivity index (χ0) is 24.9. The van der Waals surface area contributed by atoms with Crippen molar-refractivity contribution >= 4 is 12.1 Å². The third-order valence-corrected chi connectivity index (χ3v) is 6.18. The van der Waals surface area contributed by atoms with Crippen LogP contribution in [0.5, 0.6) is 0 Å². The molecule has 0 radical (unpaired) electrons. The highest BCUT2D eigenvalue weighted by molar-refractivity contribution is 5.79. The number of rotatable bonds is 9. The van der Waals surface area contributed by atoms with Gasteiger partial charge in [0.2, 0.25) is 0 Å². The molecule has 0 aliphatic heterocycles. The number of aliphatic carboxylic acids is 1. The highest BCUT2D eigenvalue weighted by Gasteiger charge is 2.29. The summed E-state index contributed by atoms with van der Waals surface area (Å²) in [6.45, 7) is 0.170. The summed E-state index contributed by atoms with van der Waals surface area (Å²) in [5, 5.41) is 32.4. The van der Waals surface area contributed by atoms with E-state index in [-0.39, 0.29) is 36.6 Å². The van der Waals surface area contributed by atoms with Gasteiger partial charge >= 0.3 is 12.1 Å². The van der Waals surface area contributed by atoms with Crippen LogP contribution < -0.4 is 5.32 Å². The fourth-order valence-corrected chi connectivity index (χ4v) is 4.52. The van der Waals surface area contributed by atoms with Gasteiger partial charge in [0, 0.05) is 12.5 Å². The Balaban J connectivity index is 1.30. The molecule has 35 heavy (non-hydrogen) atoms. The van der Waals surface area contributed by atoms with Gasteiger partial charge in [-0.2, -0.15) is 0 Å². The highest BCUT2D eigenvalue weighted by atomic mass is 19.1. The summed E-state index contributed by atoms with van der Waals surface area (Å²) in [5.74, 6) is -1.90. The molecule has 2 atom stereocenters. The largest absolute Gasteiger partial charge is 0.481 e. The highest BCUT2D eigenvalue weighted by Crippen LogP contribution is 2.44. The molecule has 8 heteroatoms. The van der Waals surface area contributed by atoms with Crippen molar-refractivity contribution in [2.45, 2.75) is 31.0 Å². The summed E-state index contributed by atoms with van der Waals surface area (Å²) in [4.78, 5) is 23.3. The Labute approximate surface area is 201 Å². The van der Waals surface area contributed by atoms with Crippen molar-refractivity contribution in [1.82, 2.24) is 5.32 Å². The first-order valence-electron chi connectivity index (χ1n) is 11.3. The van der Waals surface area contributed by atoms with Gasteiger partial charge < -0.3 is 25.4 Å². The minimum absolute atomic E-state index is 0.0182. The molecule has 3 aromatic carbocycles. The van der Waals surface area contributed by atoms with E-state index in [1.165, 1.54) is 6.07 Å². The summed E-state index contributed by atoms with van der Waals surface area (Å²) in [6.07, 6.45) is -3.90. The minimum atomic E-state index is -1.44. The van der Waals surface area contributed by atoms with Crippen molar-refractivity contribution in [2.24, 2.45) is 0 Å². The maximum absolute atomic E-state index is 13.5. The number of carbonyl (C=O) groups excluding carboxylic acids is 1. The summed E-state index contributed by atoms with van der Waals surface area (Å²) < 4.78 is 18.9. The van der Waals surface area contributed by atoms with Gasteiger partial charge in [-0.05, 0) is 51.9 Å². The predicted octanol–water partition coefficient (Wildman–Crippen LogP) is 3.78. The van der Waals surface area contributed by atoms with Gasteiger partial charge in [0.1, 0.15) is 18.5 Å². The molecule has 1 aliphatic carbocycles. The van der Waals surface area contributed by atoms with Gasteiger partial charge in [0.05, 0.1) is 12.5 Å². The molecular formula is C27H26FNO6. The molecule has 4 N–H and O–H groups in total. The molecule has 3 aromatic rings. The minimum Gasteiger partial charge on any atom is -0.481 e. The molecule has 1 aliphatic rings. The molecule has 7 nitrogen and oxygen atoms in total. The second-order valence-electron chi connectivity index (χ2n) is 8.47. The zero-order valence-corrected chi connectivity index (χ0v) is 18.9. The molecule has 0 fully saturated rings. The van der Waals surface area contributed by atoms with Gasteiger partial charge in [-0.1, -0.05) is 54.6 Å². The molecule has 0 aromatic heterocycles. The number of hydrogen-bond donors (Lipinski definition) is 4. The van der Waals surface area contributed by atoms with Gasteiger partial charge in [0.15, 0.2) is 0 Å². The van der Waals surface area contributed by atoms with E-state index in [2.05, 4.69) is 5.32 Å². The average molecular weight is 480 g/mol. The van der Waals surface area contributed by atoms with Crippen LogP contribution in [0.2, 0.25) is 0 Å². The number of carbonyl (C=O) groups is 2. The maximum atomic E-state index is 13.5. The Morgan fingerprint density at radius 3 is 2.23 bits per heavy atom. The van der Waals surface area contributed by atoms with E-state index in [1.807, 2.05) is 48.5 Å². The van der Waals surface area contributed by atoms with Crippen molar-refractivity contribution in [3.05, 3.63) is 94.8 Å². The normalized spacial score (nSPS) is 14.0. The summed E-state index contributed by atoms with van der Waals surface area (Å²) >= 11 is 0. The third-order valence-electron chi connectivity index (χ3n) is 6.18. The first-order chi connectivity index (χ1) is 16.8. The molecule has 1 amide bonds. The maximum Gasteiger partial charge on any atom is 0.407 e. The Morgan fingerprint density at radius 2 is 1.60 bits per heavy atom. The van der Waals surface area contributed by atoms with Crippen LogP contribution in [0, 0.1) is 5.82 Å². The van der Waals surface area contributed by atoms with Crippen molar-refractivity contribution in [3.63, 3.8) is 0 Å². The predicted molar refractivity (Wildman–Crippen MR) is 126 cm³/mol. The number of carboxylic acids is 1. The van der Waals surface area contributed by atoms with Crippen LogP contribution >= 0.6 is 0 Å². The Morgan fingerprint density at radius 1 is 0.971 bits per heavy atom. The van der Waals surface area contributed by atoms with Gasteiger partial charge in [-0.25, -0.2) is 9.18 Å². The fourth-order valence-electron chi connectivity index (χ4n) is 4.52. The van der Waals surface area contributed by atoms with Crippen LogP contribution in [-0.4, -0.2) is 46.6 Å². The number of fused-ring (bicyclic) bond motifs is 3. The number of benzene rings is 3. The lowest BCUT2D eigenvalue weighted by Crippen LogP contribution is -2.31. The average Bonchev–Trinajstić information content (AvgIpc) is 3.16. The van der Waals surface area contributed by atoms with Gasteiger partial charge in [0.25, 0.3) is 0 Å². The van der Waals surface area contributed by atoms with Gasteiger partial charge in [-0.15, -0.1) is 0 Å². The number of alkyl carbamates (subject to hydrolysis) is 1. The number of nitrogens with one attached hydrogen (secondary N) is 1. The van der Waals surface area contributed by atoms with E-state index in [0.717, 1.165) is 34.4 Å². The number of aliphatic hydroxyl groups excluding tert-OH is 2. The number of aliphatic hydroxyl groups is 2. The van der Waals surface area contributed by atoms with E-state index >= 15 is 0 Å². The molecule has 4 rings (SSSR count). The van der Waals surface area contributed by atoms with Crippen molar-refractivity contribution < 1.29 is 34.0 Å². The number of hydrogen-bond acceptors (Lipinski definition) is 5. The van der Waals surface area contributed by atoms with Crippen molar-refractivity contribution in [1.29, 1.82) is 0 Å². The molecule has 0 spiro atoms. The summed E-state index contributed by atoms with van der Waals surface area (Å²) in [6, 6.07) is 19.3. The lowest BCUT2D eigenvalue weighted by atomic mass is 9.95. The standard InChI is InChI=1S/C27H26FNO6/c28-17-9-10-18(16(13-17)14-25(31)32)26(33)24(30)11-12-29-27(34)35-15-23-21-7-3-1-5-19(21)20-6-2-4-8-22(20)23/h1-10,13,23-24,26,30,33H,11-12,14-15H2,(H,29,34)(H,31,32). The van der Waals surface area contributed by atoms with Crippen molar-refractivity contribution in [2.75, 3.05) is 13.2 Å². The topological polar surface area (TPSA) is 116 Å². The second-order valence-corrected chi connectivity index (χ2v) is 8.47.